The highest BCUT2D eigenvalue weighted by Gasteiger charge is 2.19. The molecule has 0 radical (unpaired) electrons. The van der Waals surface area contributed by atoms with Crippen molar-refractivity contribution in [3.05, 3.63) is 64.1 Å². The predicted molar refractivity (Wildman–Crippen MR) is 83.9 cm³/mol. The topological polar surface area (TPSA) is 111 Å². The first kappa shape index (κ1) is 16.3. The monoisotopic (exact) mass is 315 g/mol. The van der Waals surface area contributed by atoms with Gasteiger partial charge in [-0.3, -0.25) is 14.4 Å². The van der Waals surface area contributed by atoms with Gasteiger partial charge in [-0.25, -0.2) is 0 Å². The smallest absolute Gasteiger partial charge is 0.272 e. The molecule has 1 heterocycles. The molecule has 0 aliphatic rings. The Morgan fingerprint density at radius 2 is 1.91 bits per heavy atom. The van der Waals surface area contributed by atoms with E-state index in [1.165, 1.54) is 13.1 Å². The van der Waals surface area contributed by atoms with Crippen molar-refractivity contribution < 1.29 is 14.7 Å². The van der Waals surface area contributed by atoms with Crippen LogP contribution in [0.25, 0.3) is 0 Å². The summed E-state index contributed by atoms with van der Waals surface area (Å²) in [6, 6.07) is 9.62. The van der Waals surface area contributed by atoms with Gasteiger partial charge in [0.2, 0.25) is 11.3 Å². The molecule has 0 aliphatic heterocycles. The zero-order chi connectivity index (χ0) is 16.8. The second-order valence-corrected chi connectivity index (χ2v) is 4.96. The minimum atomic E-state index is -0.825. The molecule has 0 bridgehead atoms. The van der Waals surface area contributed by atoms with E-state index in [4.69, 9.17) is 0 Å². The zero-order valence-corrected chi connectivity index (χ0v) is 12.5. The number of hydrogen-bond acceptors (Lipinski definition) is 4. The van der Waals surface area contributed by atoms with Crippen molar-refractivity contribution in [1.82, 2.24) is 15.6 Å². The van der Waals surface area contributed by atoms with Crippen molar-refractivity contribution in [2.24, 2.45) is 0 Å². The maximum Gasteiger partial charge on any atom is 0.272 e. The molecule has 2 amide bonds. The lowest BCUT2D eigenvalue weighted by molar-refractivity contribution is -0.122. The fraction of sp³-hybridized carbons (Fsp3) is 0.188. The summed E-state index contributed by atoms with van der Waals surface area (Å²) in [5, 5.41) is 14.7. The lowest BCUT2D eigenvalue weighted by Crippen LogP contribution is -2.44. The number of aromatic hydroxyl groups is 1. The van der Waals surface area contributed by atoms with Crippen LogP contribution in [0.1, 0.15) is 23.0 Å². The summed E-state index contributed by atoms with van der Waals surface area (Å²) in [6.45, 7) is 1.85. The number of aromatic nitrogens is 1. The molecule has 0 saturated carbocycles. The number of pyridine rings is 1. The lowest BCUT2D eigenvalue weighted by atomic mass is 10.2. The molecular formula is C16H17N3O4. The van der Waals surface area contributed by atoms with Crippen LogP contribution < -0.4 is 16.1 Å². The quantitative estimate of drug-likeness (QED) is 0.644. The summed E-state index contributed by atoms with van der Waals surface area (Å²) in [5.74, 6) is -1.79. The van der Waals surface area contributed by atoms with Crippen molar-refractivity contribution in [3.8, 4) is 5.75 Å². The van der Waals surface area contributed by atoms with Crippen molar-refractivity contribution >= 4 is 11.8 Å². The highest BCUT2D eigenvalue weighted by molar-refractivity contribution is 5.97. The average Bonchev–Trinajstić information content (AvgIpc) is 2.55. The molecule has 1 atom stereocenters. The van der Waals surface area contributed by atoms with Crippen LogP contribution in [0.15, 0.2) is 47.4 Å². The summed E-state index contributed by atoms with van der Waals surface area (Å²) in [7, 11) is 0. The SMILES string of the molecule is C[C@H](NC(=O)c1[nH]ccc(=O)c1O)C(=O)NCc1ccccc1. The molecule has 23 heavy (non-hydrogen) atoms. The van der Waals surface area contributed by atoms with Gasteiger partial charge < -0.3 is 20.7 Å². The van der Waals surface area contributed by atoms with E-state index in [0.717, 1.165) is 11.6 Å². The summed E-state index contributed by atoms with van der Waals surface area (Å²) >= 11 is 0. The first-order valence-corrected chi connectivity index (χ1v) is 7.02. The number of aromatic amines is 1. The maximum atomic E-state index is 12.0. The molecule has 1 aromatic carbocycles. The van der Waals surface area contributed by atoms with E-state index in [9.17, 15) is 19.5 Å². The Morgan fingerprint density at radius 1 is 1.22 bits per heavy atom. The second kappa shape index (κ2) is 7.26. The zero-order valence-electron chi connectivity index (χ0n) is 12.5. The molecule has 0 aliphatic carbocycles. The highest BCUT2D eigenvalue weighted by atomic mass is 16.3. The summed E-state index contributed by atoms with van der Waals surface area (Å²) in [5.41, 5.74) is -0.0142. The Labute approximate surface area is 132 Å². The Hall–Kier alpha value is -3.09. The minimum absolute atomic E-state index is 0.278. The van der Waals surface area contributed by atoms with Gasteiger partial charge in [0, 0.05) is 18.8 Å². The Morgan fingerprint density at radius 3 is 2.61 bits per heavy atom. The van der Waals surface area contributed by atoms with Gasteiger partial charge in [-0.15, -0.1) is 0 Å². The molecular weight excluding hydrogens is 298 g/mol. The third-order valence-electron chi connectivity index (χ3n) is 3.21. The van der Waals surface area contributed by atoms with Crippen molar-refractivity contribution in [2.75, 3.05) is 0 Å². The lowest BCUT2D eigenvalue weighted by Gasteiger charge is -2.14. The van der Waals surface area contributed by atoms with Gasteiger partial charge in [0.1, 0.15) is 6.04 Å². The standard InChI is InChI=1S/C16H17N3O4/c1-10(15(22)18-9-11-5-3-2-4-6-11)19-16(23)13-14(21)12(20)7-8-17-13/h2-8,10,21H,9H2,1H3,(H,17,20)(H,18,22)(H,19,23)/t10-/m0/s1. The minimum Gasteiger partial charge on any atom is -0.503 e. The van der Waals surface area contributed by atoms with Gasteiger partial charge in [-0.2, -0.15) is 0 Å². The maximum absolute atomic E-state index is 12.0. The van der Waals surface area contributed by atoms with Gasteiger partial charge in [0.05, 0.1) is 0 Å². The molecule has 0 unspecified atom stereocenters. The first-order chi connectivity index (χ1) is 11.0. The van der Waals surface area contributed by atoms with Crippen LogP contribution in [0, 0.1) is 0 Å². The van der Waals surface area contributed by atoms with E-state index < -0.39 is 23.1 Å². The van der Waals surface area contributed by atoms with E-state index >= 15 is 0 Å². The van der Waals surface area contributed by atoms with Crippen molar-refractivity contribution in [3.63, 3.8) is 0 Å². The third kappa shape index (κ3) is 4.19. The Bertz CT molecular complexity index is 755. The van der Waals surface area contributed by atoms with Crippen LogP contribution in [-0.2, 0) is 11.3 Å². The fourth-order valence-corrected chi connectivity index (χ4v) is 1.92. The second-order valence-electron chi connectivity index (χ2n) is 4.96. The van der Waals surface area contributed by atoms with Gasteiger partial charge in [0.25, 0.3) is 5.91 Å². The van der Waals surface area contributed by atoms with Crippen LogP contribution in [0.2, 0.25) is 0 Å². The van der Waals surface area contributed by atoms with Crippen LogP contribution in [-0.4, -0.2) is 27.9 Å². The highest BCUT2D eigenvalue weighted by Crippen LogP contribution is 2.07. The number of hydrogen-bond donors (Lipinski definition) is 4. The van der Waals surface area contributed by atoms with E-state index in [1.807, 2.05) is 30.3 Å². The number of nitrogens with one attached hydrogen (secondary N) is 3. The van der Waals surface area contributed by atoms with Gasteiger partial charge in [0.15, 0.2) is 11.4 Å². The normalized spacial score (nSPS) is 11.5. The van der Waals surface area contributed by atoms with Crippen molar-refractivity contribution in [1.29, 1.82) is 0 Å². The predicted octanol–water partition coefficient (Wildman–Crippen LogP) is 0.515. The van der Waals surface area contributed by atoms with E-state index in [-0.39, 0.29) is 11.6 Å². The largest absolute Gasteiger partial charge is 0.503 e. The van der Waals surface area contributed by atoms with Crippen LogP contribution in [0.3, 0.4) is 0 Å². The summed E-state index contributed by atoms with van der Waals surface area (Å²) < 4.78 is 0. The first-order valence-electron chi connectivity index (χ1n) is 7.02. The Balaban J connectivity index is 1.94. The molecule has 4 N–H and O–H groups in total. The Kier molecular flexibility index (Phi) is 5.14. The van der Waals surface area contributed by atoms with E-state index in [1.54, 1.807) is 0 Å². The summed E-state index contributed by atoms with van der Waals surface area (Å²) in [4.78, 5) is 37.7. The molecule has 7 heteroatoms. The van der Waals surface area contributed by atoms with Crippen LogP contribution in [0.4, 0.5) is 0 Å². The number of amides is 2. The number of carbonyl (C=O) groups excluding carboxylic acids is 2. The molecule has 2 aromatic rings. The average molecular weight is 315 g/mol. The number of benzene rings is 1. The summed E-state index contributed by atoms with van der Waals surface area (Å²) in [6.07, 6.45) is 1.25. The van der Waals surface area contributed by atoms with Crippen molar-refractivity contribution in [2.45, 2.75) is 19.5 Å². The molecule has 2 rings (SSSR count). The van der Waals surface area contributed by atoms with Crippen LogP contribution in [0.5, 0.6) is 5.75 Å². The number of carbonyl (C=O) groups is 2. The molecule has 1 aromatic heterocycles. The number of rotatable bonds is 5. The van der Waals surface area contributed by atoms with Crippen LogP contribution >= 0.6 is 0 Å². The molecule has 0 fully saturated rings. The fourth-order valence-electron chi connectivity index (χ4n) is 1.92. The van der Waals surface area contributed by atoms with Gasteiger partial charge in [-0.05, 0) is 12.5 Å². The third-order valence-corrected chi connectivity index (χ3v) is 3.21. The molecule has 0 saturated heterocycles. The molecule has 7 nitrogen and oxygen atoms in total. The molecule has 120 valence electrons. The van der Waals surface area contributed by atoms with E-state index in [2.05, 4.69) is 15.6 Å². The molecule has 0 spiro atoms. The van der Waals surface area contributed by atoms with Gasteiger partial charge >= 0.3 is 0 Å². The van der Waals surface area contributed by atoms with Gasteiger partial charge in [-0.1, -0.05) is 30.3 Å². The number of H-pyrrole nitrogens is 1. The van der Waals surface area contributed by atoms with E-state index in [0.29, 0.717) is 6.54 Å².